The number of cyclic esters (lactones) is 1. The lowest BCUT2D eigenvalue weighted by Gasteiger charge is -2.38. The predicted molar refractivity (Wildman–Crippen MR) is 163 cm³/mol. The van der Waals surface area contributed by atoms with Crippen LogP contribution in [0, 0.1) is 24.2 Å². The average Bonchev–Trinajstić information content (AvgIpc) is 3.26. The van der Waals surface area contributed by atoms with E-state index in [1.807, 2.05) is 39.2 Å². The maximum Gasteiger partial charge on any atom is 0.309 e. The number of aliphatic hydroxyl groups excluding tert-OH is 4. The van der Waals surface area contributed by atoms with Gasteiger partial charge in [-0.3, -0.25) is 9.59 Å². The number of ether oxygens (including phenoxy) is 4. The molecule has 0 aliphatic carbocycles. The number of epoxide rings is 1. The van der Waals surface area contributed by atoms with Gasteiger partial charge in [0.15, 0.2) is 6.29 Å². The molecule has 11 nitrogen and oxygen atoms in total. The molecule has 3 saturated heterocycles. The van der Waals surface area contributed by atoms with Crippen LogP contribution in [-0.2, 0) is 28.5 Å². The maximum absolute atomic E-state index is 13.9. The minimum Gasteiger partial charge on any atom is -0.458 e. The third-order valence-electron chi connectivity index (χ3n) is 9.69. The first-order valence-electron chi connectivity index (χ1n) is 15.5. The van der Waals surface area contributed by atoms with E-state index in [1.54, 1.807) is 20.8 Å². The minimum atomic E-state index is -1.51. The number of aliphatic hydroxyl groups is 4. The average molecular weight is 640 g/mol. The van der Waals surface area contributed by atoms with Gasteiger partial charge < -0.3 is 39.4 Å². The summed E-state index contributed by atoms with van der Waals surface area (Å²) in [5.74, 6) is -1.90. The fourth-order valence-corrected chi connectivity index (χ4v) is 6.98. The number of aryl methyl sites for hydroxylation is 1. The molecule has 3 aliphatic heterocycles. The van der Waals surface area contributed by atoms with Gasteiger partial charge in [-0.2, -0.15) is 0 Å². The Hall–Kier alpha value is -1.77. The molecule has 0 aromatic carbocycles. The van der Waals surface area contributed by atoms with Crippen LogP contribution in [0.15, 0.2) is 11.0 Å². The van der Waals surface area contributed by atoms with E-state index in [-0.39, 0.29) is 29.8 Å². The Morgan fingerprint density at radius 2 is 1.86 bits per heavy atom. The van der Waals surface area contributed by atoms with Gasteiger partial charge in [0.2, 0.25) is 0 Å². The van der Waals surface area contributed by atoms with Crippen LogP contribution in [0.2, 0.25) is 0 Å². The Labute approximate surface area is 263 Å². The molecule has 12 heteroatoms. The van der Waals surface area contributed by atoms with E-state index in [4.69, 9.17) is 18.9 Å². The summed E-state index contributed by atoms with van der Waals surface area (Å²) in [6, 6.07) is 0. The molecule has 4 heterocycles. The maximum atomic E-state index is 13.9. The fourth-order valence-electron chi connectivity index (χ4n) is 6.41. The first-order chi connectivity index (χ1) is 20.6. The number of rotatable bonds is 5. The van der Waals surface area contributed by atoms with E-state index in [9.17, 15) is 30.0 Å². The molecule has 4 N–H and O–H groups in total. The normalized spacial score (nSPS) is 40.8. The van der Waals surface area contributed by atoms with E-state index >= 15 is 0 Å². The molecule has 4 rings (SSSR count). The standard InChI is InChI=1S/C32H49NO10S/c1-16-9-8-10-32(7)24(43-32)12-21(17(2)11-20-15-44-19(4)33-20)40-25(35)13-23(31(5,6)29(39)18(3)26(16)36)42-30-28(38)27(37)22(14-34)41-30/h11,15-16,18,21-24,26-28,30,34,36-38H,8-10,12-14H2,1-7H3/b17-11+/t16-,18+,21-,22+,23-,24-,26-,27-,28+,30-,32+/m0/s1. The Balaban J connectivity index is 1.65. The van der Waals surface area contributed by atoms with E-state index in [1.165, 1.54) is 11.3 Å². The molecule has 0 amide bonds. The lowest BCUT2D eigenvalue weighted by atomic mass is 9.72. The zero-order valence-corrected chi connectivity index (χ0v) is 27.6. The SMILES string of the molecule is C/C(=C\c1csc(C)n1)[C@@H]1C[C@@H]2O[C@]2(C)CCC[C@H](C)[C@H](O)[C@@H](C)C(=O)C(C)(C)[C@@H](O[C@@H]2O[C@H](CO)[C@H](O)[C@H]2O)CC(=O)O1. The first kappa shape index (κ1) is 35.1. The number of aromatic nitrogens is 1. The van der Waals surface area contributed by atoms with Crippen LogP contribution in [0.1, 0.15) is 84.3 Å². The lowest BCUT2D eigenvalue weighted by Crippen LogP contribution is -2.49. The number of fused-ring (bicyclic) bond motifs is 1. The Bertz CT molecular complexity index is 1200. The number of nitrogens with zero attached hydrogens (tertiary/aromatic N) is 1. The number of hydrogen-bond donors (Lipinski definition) is 4. The van der Waals surface area contributed by atoms with Crippen molar-refractivity contribution in [2.24, 2.45) is 17.3 Å². The molecule has 1 aromatic heterocycles. The number of Topliss-reactive ketones (excluding diaryl/α,β-unsaturated/α-hetero) is 1. The number of esters is 1. The molecule has 3 fully saturated rings. The molecule has 0 spiro atoms. The van der Waals surface area contributed by atoms with Crippen LogP contribution >= 0.6 is 11.3 Å². The molecule has 0 saturated carbocycles. The van der Waals surface area contributed by atoms with Crippen LogP contribution in [0.4, 0.5) is 0 Å². The molecular weight excluding hydrogens is 590 g/mol. The second kappa shape index (κ2) is 13.9. The van der Waals surface area contributed by atoms with Gasteiger partial charge in [0.1, 0.15) is 30.2 Å². The Morgan fingerprint density at radius 1 is 1.16 bits per heavy atom. The van der Waals surface area contributed by atoms with Crippen LogP contribution in [0.5, 0.6) is 0 Å². The lowest BCUT2D eigenvalue weighted by molar-refractivity contribution is -0.218. The number of thiazole rings is 1. The summed E-state index contributed by atoms with van der Waals surface area (Å²) in [7, 11) is 0. The molecule has 248 valence electrons. The van der Waals surface area contributed by atoms with Crippen LogP contribution in [0.25, 0.3) is 6.08 Å². The Morgan fingerprint density at radius 3 is 2.48 bits per heavy atom. The van der Waals surface area contributed by atoms with Crippen molar-refractivity contribution >= 4 is 29.2 Å². The molecule has 11 atom stereocenters. The van der Waals surface area contributed by atoms with Crippen LogP contribution in [-0.4, -0.2) is 98.4 Å². The van der Waals surface area contributed by atoms with Gasteiger partial charge in [0.25, 0.3) is 0 Å². The molecule has 1 aromatic rings. The molecule has 0 unspecified atom stereocenters. The fraction of sp³-hybridized carbons (Fsp3) is 0.781. The highest BCUT2D eigenvalue weighted by molar-refractivity contribution is 7.09. The van der Waals surface area contributed by atoms with Gasteiger partial charge >= 0.3 is 5.97 Å². The summed E-state index contributed by atoms with van der Waals surface area (Å²) >= 11 is 1.53. The number of ketones is 1. The first-order valence-corrected chi connectivity index (χ1v) is 16.4. The number of carbonyl (C=O) groups excluding carboxylic acids is 2. The minimum absolute atomic E-state index is 0.128. The molecular formula is C32H49NO10S. The van der Waals surface area contributed by atoms with Crippen molar-refractivity contribution in [2.75, 3.05) is 6.61 Å². The van der Waals surface area contributed by atoms with Crippen LogP contribution < -0.4 is 0 Å². The summed E-state index contributed by atoms with van der Waals surface area (Å²) in [4.78, 5) is 32.1. The quantitative estimate of drug-likeness (QED) is 0.276. The van der Waals surface area contributed by atoms with E-state index in [2.05, 4.69) is 4.98 Å². The largest absolute Gasteiger partial charge is 0.458 e. The monoisotopic (exact) mass is 639 g/mol. The topological polar surface area (TPSA) is 168 Å². The molecule has 44 heavy (non-hydrogen) atoms. The highest BCUT2D eigenvalue weighted by Crippen LogP contribution is 2.45. The van der Waals surface area contributed by atoms with Crippen molar-refractivity contribution in [1.82, 2.24) is 4.98 Å². The molecule has 0 bridgehead atoms. The molecule has 0 radical (unpaired) electrons. The van der Waals surface area contributed by atoms with E-state index < -0.39 is 66.8 Å². The third kappa shape index (κ3) is 7.78. The van der Waals surface area contributed by atoms with Gasteiger partial charge in [-0.15, -0.1) is 11.3 Å². The van der Waals surface area contributed by atoms with Gasteiger partial charge in [-0.25, -0.2) is 4.98 Å². The summed E-state index contributed by atoms with van der Waals surface area (Å²) in [5.41, 5.74) is -0.146. The van der Waals surface area contributed by atoms with Crippen molar-refractivity contribution in [2.45, 2.75) is 135 Å². The van der Waals surface area contributed by atoms with Crippen LogP contribution in [0.3, 0.4) is 0 Å². The van der Waals surface area contributed by atoms with Crippen molar-refractivity contribution in [3.8, 4) is 0 Å². The predicted octanol–water partition coefficient (Wildman–Crippen LogP) is 2.94. The van der Waals surface area contributed by atoms with Gasteiger partial charge in [0, 0.05) is 17.7 Å². The molecule has 3 aliphatic rings. The zero-order valence-electron chi connectivity index (χ0n) is 26.8. The van der Waals surface area contributed by atoms with Crippen molar-refractivity contribution in [3.05, 3.63) is 21.7 Å². The van der Waals surface area contributed by atoms with E-state index in [0.29, 0.717) is 12.8 Å². The van der Waals surface area contributed by atoms with E-state index in [0.717, 1.165) is 29.1 Å². The zero-order chi connectivity index (χ0) is 32.6. The summed E-state index contributed by atoms with van der Waals surface area (Å²) in [6.45, 7) is 12.1. The summed E-state index contributed by atoms with van der Waals surface area (Å²) < 4.78 is 23.8. The van der Waals surface area contributed by atoms with Crippen molar-refractivity contribution in [3.63, 3.8) is 0 Å². The summed E-state index contributed by atoms with van der Waals surface area (Å²) in [5, 5.41) is 44.5. The van der Waals surface area contributed by atoms with Gasteiger partial charge in [0.05, 0.1) is 53.1 Å². The van der Waals surface area contributed by atoms with Gasteiger partial charge in [-0.1, -0.05) is 34.1 Å². The second-order valence-electron chi connectivity index (χ2n) is 13.6. The van der Waals surface area contributed by atoms with Crippen molar-refractivity contribution < 1.29 is 49.0 Å². The second-order valence-corrected chi connectivity index (χ2v) is 14.6. The van der Waals surface area contributed by atoms with Crippen molar-refractivity contribution in [1.29, 1.82) is 0 Å². The number of hydrogen-bond acceptors (Lipinski definition) is 12. The van der Waals surface area contributed by atoms with Gasteiger partial charge in [-0.05, 0) is 51.2 Å². The highest BCUT2D eigenvalue weighted by Gasteiger charge is 2.53. The summed E-state index contributed by atoms with van der Waals surface area (Å²) in [6.07, 6.45) is -4.02. The smallest absolute Gasteiger partial charge is 0.309 e. The highest BCUT2D eigenvalue weighted by atomic mass is 32.1. The Kier molecular flexibility index (Phi) is 11.1. The third-order valence-corrected chi connectivity index (χ3v) is 10.5. The number of carbonyl (C=O) groups is 2.